The predicted molar refractivity (Wildman–Crippen MR) is 83.0 cm³/mol. The summed E-state index contributed by atoms with van der Waals surface area (Å²) in [7, 11) is 4.18. The summed E-state index contributed by atoms with van der Waals surface area (Å²) >= 11 is 6.13. The average molecular weight is 295 g/mol. The number of likely N-dealkylation sites (tertiary alicyclic amines) is 1. The van der Waals surface area contributed by atoms with Gasteiger partial charge in [-0.05, 0) is 44.5 Å². The molecule has 0 radical (unpaired) electrons. The highest BCUT2D eigenvalue weighted by Crippen LogP contribution is 2.20. The van der Waals surface area contributed by atoms with Crippen molar-refractivity contribution in [3.05, 3.63) is 34.9 Å². The van der Waals surface area contributed by atoms with Crippen molar-refractivity contribution in [2.24, 2.45) is 5.92 Å². The molecule has 110 valence electrons. The Labute approximate surface area is 126 Å². The Balaban J connectivity index is 1.93. The molecule has 2 rings (SSSR count). The SMILES string of the molecule is CN(C)C[C@@H]1CCCN(C(=O)Cc2ccccc2Cl)C1. The average Bonchev–Trinajstić information content (AvgIpc) is 2.41. The molecule has 1 aliphatic heterocycles. The molecule has 1 atom stereocenters. The number of carbonyl (C=O) groups is 1. The first-order valence-electron chi connectivity index (χ1n) is 7.22. The lowest BCUT2D eigenvalue weighted by Gasteiger charge is -2.34. The van der Waals surface area contributed by atoms with Crippen LogP contribution in [0.2, 0.25) is 5.02 Å². The van der Waals surface area contributed by atoms with Crippen LogP contribution >= 0.6 is 11.6 Å². The van der Waals surface area contributed by atoms with Crippen LogP contribution in [0.25, 0.3) is 0 Å². The maximum atomic E-state index is 12.4. The van der Waals surface area contributed by atoms with Gasteiger partial charge in [-0.3, -0.25) is 4.79 Å². The summed E-state index contributed by atoms with van der Waals surface area (Å²) in [6, 6.07) is 7.60. The lowest BCUT2D eigenvalue weighted by atomic mass is 9.97. The molecule has 1 amide bonds. The minimum atomic E-state index is 0.196. The molecule has 1 aliphatic rings. The monoisotopic (exact) mass is 294 g/mol. The molecule has 4 heteroatoms. The fourth-order valence-corrected chi connectivity index (χ4v) is 3.08. The number of rotatable bonds is 4. The van der Waals surface area contributed by atoms with Gasteiger partial charge in [0.15, 0.2) is 0 Å². The molecular weight excluding hydrogens is 272 g/mol. The summed E-state index contributed by atoms with van der Waals surface area (Å²) in [5, 5.41) is 0.683. The van der Waals surface area contributed by atoms with Crippen LogP contribution in [0.15, 0.2) is 24.3 Å². The summed E-state index contributed by atoms with van der Waals surface area (Å²) in [6.07, 6.45) is 2.73. The Morgan fingerprint density at radius 2 is 2.15 bits per heavy atom. The molecular formula is C16H23ClN2O. The highest BCUT2D eigenvalue weighted by Gasteiger charge is 2.24. The van der Waals surface area contributed by atoms with E-state index in [4.69, 9.17) is 11.6 Å². The van der Waals surface area contributed by atoms with E-state index < -0.39 is 0 Å². The van der Waals surface area contributed by atoms with Crippen LogP contribution in [-0.2, 0) is 11.2 Å². The largest absolute Gasteiger partial charge is 0.342 e. The van der Waals surface area contributed by atoms with E-state index in [0.717, 1.165) is 31.6 Å². The van der Waals surface area contributed by atoms with Crippen molar-refractivity contribution in [3.63, 3.8) is 0 Å². The van der Waals surface area contributed by atoms with Crippen molar-refractivity contribution in [2.75, 3.05) is 33.7 Å². The van der Waals surface area contributed by atoms with Gasteiger partial charge in [0.25, 0.3) is 0 Å². The van der Waals surface area contributed by atoms with Crippen molar-refractivity contribution >= 4 is 17.5 Å². The fourth-order valence-electron chi connectivity index (χ4n) is 2.87. The zero-order valence-corrected chi connectivity index (χ0v) is 13.1. The van der Waals surface area contributed by atoms with Crippen LogP contribution in [0.5, 0.6) is 0 Å². The lowest BCUT2D eigenvalue weighted by Crippen LogP contribution is -2.43. The molecule has 0 aromatic heterocycles. The van der Waals surface area contributed by atoms with Gasteiger partial charge in [0.2, 0.25) is 5.91 Å². The number of hydrogen-bond acceptors (Lipinski definition) is 2. The maximum Gasteiger partial charge on any atom is 0.227 e. The van der Waals surface area contributed by atoms with E-state index >= 15 is 0 Å². The van der Waals surface area contributed by atoms with Crippen LogP contribution in [0.4, 0.5) is 0 Å². The quantitative estimate of drug-likeness (QED) is 0.852. The number of amides is 1. The van der Waals surface area contributed by atoms with Gasteiger partial charge in [-0.25, -0.2) is 0 Å². The first-order chi connectivity index (χ1) is 9.56. The Morgan fingerprint density at radius 3 is 2.85 bits per heavy atom. The molecule has 0 unspecified atom stereocenters. The van der Waals surface area contributed by atoms with Gasteiger partial charge < -0.3 is 9.80 Å². The first kappa shape index (κ1) is 15.3. The van der Waals surface area contributed by atoms with E-state index in [-0.39, 0.29) is 5.91 Å². The molecule has 0 spiro atoms. The van der Waals surface area contributed by atoms with Crippen LogP contribution in [0.3, 0.4) is 0 Å². The minimum Gasteiger partial charge on any atom is -0.342 e. The second-order valence-corrected chi connectivity index (χ2v) is 6.29. The molecule has 1 aromatic rings. The van der Waals surface area contributed by atoms with Crippen molar-refractivity contribution in [1.29, 1.82) is 0 Å². The zero-order chi connectivity index (χ0) is 14.5. The summed E-state index contributed by atoms with van der Waals surface area (Å²) in [5.41, 5.74) is 0.925. The summed E-state index contributed by atoms with van der Waals surface area (Å²) in [4.78, 5) is 16.6. The van der Waals surface area contributed by atoms with Gasteiger partial charge in [0, 0.05) is 24.7 Å². The Bertz CT molecular complexity index is 462. The summed E-state index contributed by atoms with van der Waals surface area (Å²) in [6.45, 7) is 2.81. The van der Waals surface area contributed by atoms with Gasteiger partial charge in [0.05, 0.1) is 6.42 Å². The Hall–Kier alpha value is -1.06. The van der Waals surface area contributed by atoms with E-state index in [2.05, 4.69) is 19.0 Å². The number of benzene rings is 1. The predicted octanol–water partition coefficient (Wildman–Crippen LogP) is 2.68. The number of carbonyl (C=O) groups excluding carboxylic acids is 1. The molecule has 20 heavy (non-hydrogen) atoms. The number of halogens is 1. The zero-order valence-electron chi connectivity index (χ0n) is 12.3. The van der Waals surface area contributed by atoms with E-state index in [1.54, 1.807) is 0 Å². The molecule has 0 N–H and O–H groups in total. The van der Waals surface area contributed by atoms with E-state index in [0.29, 0.717) is 17.4 Å². The fraction of sp³-hybridized carbons (Fsp3) is 0.562. The standard InChI is InChI=1S/C16H23ClN2O/c1-18(2)11-13-6-5-9-19(12-13)16(20)10-14-7-3-4-8-15(14)17/h3-4,7-8,13H,5-6,9-12H2,1-2H3/t13-/m0/s1. The third-order valence-corrected chi connectivity index (χ3v) is 4.16. The molecule has 3 nitrogen and oxygen atoms in total. The highest BCUT2D eigenvalue weighted by atomic mass is 35.5. The number of hydrogen-bond donors (Lipinski definition) is 0. The highest BCUT2D eigenvalue weighted by molar-refractivity contribution is 6.31. The van der Waals surface area contributed by atoms with Gasteiger partial charge in [-0.2, -0.15) is 0 Å². The second-order valence-electron chi connectivity index (χ2n) is 5.88. The number of nitrogens with zero attached hydrogens (tertiary/aromatic N) is 2. The molecule has 0 bridgehead atoms. The lowest BCUT2D eigenvalue weighted by molar-refractivity contribution is -0.132. The number of piperidine rings is 1. The normalized spacial score (nSPS) is 19.4. The topological polar surface area (TPSA) is 23.6 Å². The summed E-state index contributed by atoms with van der Waals surface area (Å²) < 4.78 is 0. The molecule has 1 aromatic carbocycles. The van der Waals surface area contributed by atoms with Crippen LogP contribution in [0, 0.1) is 5.92 Å². The molecule has 0 saturated carbocycles. The minimum absolute atomic E-state index is 0.196. The van der Waals surface area contributed by atoms with Crippen molar-refractivity contribution < 1.29 is 4.79 Å². The maximum absolute atomic E-state index is 12.4. The van der Waals surface area contributed by atoms with Crippen molar-refractivity contribution in [3.8, 4) is 0 Å². The molecule has 1 fully saturated rings. The molecule has 0 aliphatic carbocycles. The van der Waals surface area contributed by atoms with Gasteiger partial charge in [-0.15, -0.1) is 0 Å². The smallest absolute Gasteiger partial charge is 0.227 e. The second kappa shape index (κ2) is 7.09. The first-order valence-corrected chi connectivity index (χ1v) is 7.60. The Morgan fingerprint density at radius 1 is 1.40 bits per heavy atom. The van der Waals surface area contributed by atoms with Gasteiger partial charge >= 0.3 is 0 Å². The van der Waals surface area contributed by atoms with E-state index in [1.165, 1.54) is 6.42 Å². The molecule has 1 saturated heterocycles. The van der Waals surface area contributed by atoms with Crippen molar-refractivity contribution in [2.45, 2.75) is 19.3 Å². The third-order valence-electron chi connectivity index (χ3n) is 3.79. The van der Waals surface area contributed by atoms with Crippen molar-refractivity contribution in [1.82, 2.24) is 9.80 Å². The van der Waals surface area contributed by atoms with E-state index in [1.807, 2.05) is 29.2 Å². The Kier molecular flexibility index (Phi) is 5.44. The molecule has 1 heterocycles. The van der Waals surface area contributed by atoms with Crippen LogP contribution in [0.1, 0.15) is 18.4 Å². The van der Waals surface area contributed by atoms with Gasteiger partial charge in [0.1, 0.15) is 0 Å². The van der Waals surface area contributed by atoms with Crippen LogP contribution in [-0.4, -0.2) is 49.4 Å². The van der Waals surface area contributed by atoms with E-state index in [9.17, 15) is 4.79 Å². The van der Waals surface area contributed by atoms with Crippen LogP contribution < -0.4 is 0 Å². The van der Waals surface area contributed by atoms with Gasteiger partial charge in [-0.1, -0.05) is 29.8 Å². The summed E-state index contributed by atoms with van der Waals surface area (Å²) in [5.74, 6) is 0.788. The third kappa shape index (κ3) is 4.22.